The van der Waals surface area contributed by atoms with Gasteiger partial charge in [-0.1, -0.05) is 0 Å². The summed E-state index contributed by atoms with van der Waals surface area (Å²) >= 11 is 0. The fourth-order valence-corrected chi connectivity index (χ4v) is 0.613. The van der Waals surface area contributed by atoms with E-state index in [1.165, 1.54) is 17.8 Å². The maximum Gasteiger partial charge on any atom is 0.325 e. The van der Waals surface area contributed by atoms with Crippen LogP contribution in [0.3, 0.4) is 0 Å². The largest absolute Gasteiger partial charge is 0.364 e. The van der Waals surface area contributed by atoms with Crippen LogP contribution in [-0.2, 0) is 7.05 Å². The summed E-state index contributed by atoms with van der Waals surface area (Å²) in [5.41, 5.74) is 4.67. The van der Waals surface area contributed by atoms with Gasteiger partial charge in [0.15, 0.2) is 0 Å². The van der Waals surface area contributed by atoms with Gasteiger partial charge in [-0.05, 0) is 0 Å². The third-order valence-electron chi connectivity index (χ3n) is 1.15. The Hall–Kier alpha value is -1.52. The van der Waals surface area contributed by atoms with E-state index in [2.05, 4.69) is 4.98 Å². The molecule has 1 amide bonds. The molecule has 0 aromatic carbocycles. The Kier molecular flexibility index (Phi) is 1.33. The molecule has 1 aromatic heterocycles. The molecule has 5 nitrogen and oxygen atoms in total. The van der Waals surface area contributed by atoms with Crippen molar-refractivity contribution >= 4 is 5.91 Å². The molecule has 0 saturated carbocycles. The van der Waals surface area contributed by atoms with E-state index in [0.717, 1.165) is 0 Å². The number of primary amides is 1. The Morgan fingerprint density at radius 2 is 2.40 bits per heavy atom. The van der Waals surface area contributed by atoms with Crippen LogP contribution in [0.2, 0.25) is 0 Å². The van der Waals surface area contributed by atoms with Crippen molar-refractivity contribution in [3.05, 3.63) is 22.4 Å². The van der Waals surface area contributed by atoms with Crippen LogP contribution in [0.15, 0.2) is 11.0 Å². The van der Waals surface area contributed by atoms with Gasteiger partial charge in [0.1, 0.15) is 5.69 Å². The van der Waals surface area contributed by atoms with Crippen LogP contribution in [0.1, 0.15) is 10.5 Å². The lowest BCUT2D eigenvalue weighted by molar-refractivity contribution is 0.0996. The maximum absolute atomic E-state index is 10.6. The number of aromatic amines is 1. The number of hydrogen-bond donors (Lipinski definition) is 2. The van der Waals surface area contributed by atoms with E-state index in [-0.39, 0.29) is 11.4 Å². The van der Waals surface area contributed by atoms with Gasteiger partial charge in [-0.2, -0.15) is 0 Å². The number of rotatable bonds is 1. The summed E-state index contributed by atoms with van der Waals surface area (Å²) in [5.74, 6) is -0.627. The van der Waals surface area contributed by atoms with Crippen LogP contribution in [0.5, 0.6) is 0 Å². The molecule has 0 saturated heterocycles. The Balaban J connectivity index is 3.23. The molecule has 0 aliphatic rings. The van der Waals surface area contributed by atoms with Gasteiger partial charge in [0.2, 0.25) is 0 Å². The van der Waals surface area contributed by atoms with Gasteiger partial charge in [-0.25, -0.2) is 4.79 Å². The van der Waals surface area contributed by atoms with Crippen LogP contribution >= 0.6 is 0 Å². The Bertz CT molecular complexity index is 309. The van der Waals surface area contributed by atoms with Gasteiger partial charge in [0.25, 0.3) is 5.91 Å². The van der Waals surface area contributed by atoms with Gasteiger partial charge >= 0.3 is 5.69 Å². The number of carbonyl (C=O) groups is 1. The van der Waals surface area contributed by atoms with Crippen molar-refractivity contribution in [1.82, 2.24) is 9.55 Å². The fraction of sp³-hybridized carbons (Fsp3) is 0.200. The maximum atomic E-state index is 10.6. The molecule has 54 valence electrons. The average Bonchev–Trinajstić information content (AvgIpc) is 2.13. The van der Waals surface area contributed by atoms with E-state index in [1.807, 2.05) is 0 Å². The first-order valence-corrected chi connectivity index (χ1v) is 2.66. The Morgan fingerprint density at radius 1 is 1.80 bits per heavy atom. The van der Waals surface area contributed by atoms with Crippen LogP contribution in [0.25, 0.3) is 0 Å². The third kappa shape index (κ3) is 0.928. The van der Waals surface area contributed by atoms with E-state index in [1.54, 1.807) is 0 Å². The van der Waals surface area contributed by atoms with E-state index < -0.39 is 5.91 Å². The van der Waals surface area contributed by atoms with Gasteiger partial charge in [0, 0.05) is 13.2 Å². The zero-order chi connectivity index (χ0) is 7.72. The van der Waals surface area contributed by atoms with Crippen molar-refractivity contribution in [2.75, 3.05) is 0 Å². The van der Waals surface area contributed by atoms with E-state index in [4.69, 9.17) is 5.73 Å². The van der Waals surface area contributed by atoms with Crippen LogP contribution < -0.4 is 11.4 Å². The number of nitrogens with one attached hydrogen (secondary N) is 1. The molecule has 0 unspecified atom stereocenters. The summed E-state index contributed by atoms with van der Waals surface area (Å²) in [6.45, 7) is 0. The summed E-state index contributed by atoms with van der Waals surface area (Å²) in [7, 11) is 1.53. The second-order valence-corrected chi connectivity index (χ2v) is 1.95. The third-order valence-corrected chi connectivity index (χ3v) is 1.15. The monoisotopic (exact) mass is 141 g/mol. The summed E-state index contributed by atoms with van der Waals surface area (Å²) in [5, 5.41) is 0. The number of amides is 1. The number of aromatic nitrogens is 2. The minimum absolute atomic E-state index is 0.132. The summed E-state index contributed by atoms with van der Waals surface area (Å²) < 4.78 is 1.25. The summed E-state index contributed by atoms with van der Waals surface area (Å²) in [4.78, 5) is 23.3. The fourth-order valence-electron chi connectivity index (χ4n) is 0.613. The zero-order valence-electron chi connectivity index (χ0n) is 5.42. The lowest BCUT2D eigenvalue weighted by atomic mass is 10.5. The first-order valence-electron chi connectivity index (χ1n) is 2.66. The molecule has 1 heterocycles. The van der Waals surface area contributed by atoms with Crippen molar-refractivity contribution in [2.45, 2.75) is 0 Å². The average molecular weight is 141 g/mol. The van der Waals surface area contributed by atoms with Gasteiger partial charge in [0.05, 0.1) is 0 Å². The molecule has 0 aliphatic carbocycles. The van der Waals surface area contributed by atoms with Crippen molar-refractivity contribution < 1.29 is 4.79 Å². The van der Waals surface area contributed by atoms with Gasteiger partial charge in [-0.15, -0.1) is 0 Å². The highest BCUT2D eigenvalue weighted by Gasteiger charge is 2.03. The number of nitrogens with zero attached hydrogens (tertiary/aromatic N) is 1. The minimum atomic E-state index is -0.627. The molecule has 5 heteroatoms. The highest BCUT2D eigenvalue weighted by Crippen LogP contribution is 1.85. The number of nitrogens with two attached hydrogens (primary N) is 1. The first kappa shape index (κ1) is 6.60. The Labute approximate surface area is 56.5 Å². The standard InChI is InChI=1S/C5H7N3O2/c1-8-2-3(4(6)9)7-5(8)10/h2H,1H3,(H2,6,9)(H,7,10). The predicted octanol–water partition coefficient (Wildman–Crippen LogP) is -1.19. The summed E-state index contributed by atoms with van der Waals surface area (Å²) in [6, 6.07) is 0. The lowest BCUT2D eigenvalue weighted by Gasteiger charge is -1.82. The van der Waals surface area contributed by atoms with Gasteiger partial charge in [-0.3, -0.25) is 4.79 Å². The molecule has 0 bridgehead atoms. The zero-order valence-corrected chi connectivity index (χ0v) is 5.42. The van der Waals surface area contributed by atoms with Crippen molar-refractivity contribution in [3.8, 4) is 0 Å². The first-order chi connectivity index (χ1) is 4.61. The quantitative estimate of drug-likeness (QED) is 0.515. The number of aryl methyl sites for hydroxylation is 1. The molecular formula is C5H7N3O2. The Morgan fingerprint density at radius 3 is 2.60 bits per heavy atom. The number of H-pyrrole nitrogens is 1. The number of imidazole rings is 1. The number of hydrogen-bond acceptors (Lipinski definition) is 2. The van der Waals surface area contributed by atoms with E-state index in [9.17, 15) is 9.59 Å². The van der Waals surface area contributed by atoms with E-state index in [0.29, 0.717) is 0 Å². The normalized spacial score (nSPS) is 9.70. The second kappa shape index (κ2) is 2.02. The highest BCUT2D eigenvalue weighted by atomic mass is 16.2. The molecule has 0 atom stereocenters. The highest BCUT2D eigenvalue weighted by molar-refractivity contribution is 5.90. The second-order valence-electron chi connectivity index (χ2n) is 1.95. The van der Waals surface area contributed by atoms with Crippen molar-refractivity contribution in [3.63, 3.8) is 0 Å². The molecule has 3 N–H and O–H groups in total. The molecule has 0 spiro atoms. The molecule has 0 aliphatic heterocycles. The van der Waals surface area contributed by atoms with Crippen LogP contribution in [-0.4, -0.2) is 15.5 Å². The van der Waals surface area contributed by atoms with Crippen LogP contribution in [0, 0.1) is 0 Å². The van der Waals surface area contributed by atoms with Gasteiger partial charge < -0.3 is 15.3 Å². The predicted molar refractivity (Wildman–Crippen MR) is 34.6 cm³/mol. The topological polar surface area (TPSA) is 80.9 Å². The van der Waals surface area contributed by atoms with Crippen LogP contribution in [0.4, 0.5) is 0 Å². The smallest absolute Gasteiger partial charge is 0.325 e. The lowest BCUT2D eigenvalue weighted by Crippen LogP contribution is -2.14. The molecule has 1 rings (SSSR count). The summed E-state index contributed by atoms with van der Waals surface area (Å²) in [6.07, 6.45) is 1.35. The number of carbonyl (C=O) groups excluding carboxylic acids is 1. The molecule has 10 heavy (non-hydrogen) atoms. The minimum Gasteiger partial charge on any atom is -0.364 e. The molecule has 1 aromatic rings. The van der Waals surface area contributed by atoms with Crippen molar-refractivity contribution in [2.24, 2.45) is 12.8 Å². The molecule has 0 fully saturated rings. The van der Waals surface area contributed by atoms with Crippen molar-refractivity contribution in [1.29, 1.82) is 0 Å². The SMILES string of the molecule is Cn1cc(C(N)=O)[nH]c1=O. The molecule has 0 radical (unpaired) electrons. The van der Waals surface area contributed by atoms with E-state index >= 15 is 0 Å². The molecular weight excluding hydrogens is 134 g/mol.